The number of hydrogen-bond donors (Lipinski definition) is 0. The lowest BCUT2D eigenvalue weighted by molar-refractivity contribution is 0.693. The van der Waals surface area contributed by atoms with Gasteiger partial charge in [-0.3, -0.25) is 0 Å². The van der Waals surface area contributed by atoms with Crippen LogP contribution in [0.4, 0.5) is 0 Å². The maximum absolute atomic E-state index is 11.7. The summed E-state index contributed by atoms with van der Waals surface area (Å²) in [4.78, 5) is 11.7. The SMILES string of the molecule is [3H]c1c(C(C)C)cccc1-n1nnn(C)c1=O. The summed E-state index contributed by atoms with van der Waals surface area (Å²) in [6.45, 7) is 4.02. The van der Waals surface area contributed by atoms with E-state index in [1.165, 1.54) is 7.05 Å². The van der Waals surface area contributed by atoms with Crippen molar-refractivity contribution in [3.8, 4) is 5.69 Å². The van der Waals surface area contributed by atoms with Crippen molar-refractivity contribution in [1.29, 1.82) is 0 Å². The van der Waals surface area contributed by atoms with Gasteiger partial charge in [-0.25, -0.2) is 4.79 Å². The fourth-order valence-corrected chi connectivity index (χ4v) is 1.40. The average Bonchev–Trinajstić information content (AvgIpc) is 2.60. The molecule has 0 aliphatic rings. The summed E-state index contributed by atoms with van der Waals surface area (Å²) < 4.78 is 10.4. The van der Waals surface area contributed by atoms with Gasteiger partial charge in [-0.15, -0.1) is 0 Å². The zero-order valence-corrected chi connectivity index (χ0v) is 9.51. The fourth-order valence-electron chi connectivity index (χ4n) is 1.40. The number of nitrogens with zero attached hydrogens (tertiary/aromatic N) is 4. The number of aryl methyl sites for hydroxylation is 1. The topological polar surface area (TPSA) is 52.7 Å². The normalized spacial score (nSPS) is 11.9. The predicted molar refractivity (Wildman–Crippen MR) is 60.7 cm³/mol. The van der Waals surface area contributed by atoms with Crippen LogP contribution in [-0.4, -0.2) is 19.8 Å². The maximum atomic E-state index is 11.7. The first-order valence-electron chi connectivity index (χ1n) is 5.61. The lowest BCUT2D eigenvalue weighted by Gasteiger charge is -2.06. The molecule has 0 saturated heterocycles. The van der Waals surface area contributed by atoms with E-state index in [2.05, 4.69) is 10.4 Å². The second-order valence-electron chi connectivity index (χ2n) is 3.94. The fraction of sp³-hybridized carbons (Fsp3) is 0.364. The molecular formula is C11H14N4O. The van der Waals surface area contributed by atoms with Crippen LogP contribution in [0.1, 0.15) is 26.7 Å². The van der Waals surface area contributed by atoms with E-state index in [1.54, 1.807) is 6.07 Å². The Kier molecular flexibility index (Phi) is 2.29. The van der Waals surface area contributed by atoms with Gasteiger partial charge in [0.05, 0.1) is 7.06 Å². The summed E-state index contributed by atoms with van der Waals surface area (Å²) in [5.74, 6) is 0.231. The van der Waals surface area contributed by atoms with Gasteiger partial charge in [0.15, 0.2) is 0 Å². The summed E-state index contributed by atoms with van der Waals surface area (Å²) in [7, 11) is 1.53. The third-order valence-corrected chi connectivity index (χ3v) is 2.37. The average molecular weight is 220 g/mol. The number of aromatic nitrogens is 4. The third kappa shape index (κ3) is 1.76. The molecule has 0 fully saturated rings. The Balaban J connectivity index is 2.65. The van der Waals surface area contributed by atoms with Gasteiger partial charge < -0.3 is 0 Å². The van der Waals surface area contributed by atoms with Crippen LogP contribution in [0.5, 0.6) is 0 Å². The van der Waals surface area contributed by atoms with Gasteiger partial charge in [0.1, 0.15) is 0 Å². The van der Waals surface area contributed by atoms with Crippen molar-refractivity contribution in [1.82, 2.24) is 19.8 Å². The molecule has 0 aliphatic heterocycles. The first-order chi connectivity index (χ1) is 8.02. The molecule has 0 unspecified atom stereocenters. The van der Waals surface area contributed by atoms with Crippen LogP contribution in [-0.2, 0) is 7.05 Å². The van der Waals surface area contributed by atoms with Gasteiger partial charge in [-0.2, -0.15) is 9.36 Å². The van der Waals surface area contributed by atoms with E-state index in [-0.39, 0.29) is 11.6 Å². The summed E-state index contributed by atoms with van der Waals surface area (Å²) in [6, 6.07) is 5.73. The summed E-state index contributed by atoms with van der Waals surface area (Å²) in [5.41, 5.74) is 1.01. The van der Waals surface area contributed by atoms with Crippen molar-refractivity contribution in [3.05, 3.63) is 40.3 Å². The van der Waals surface area contributed by atoms with Gasteiger partial charge in [0.25, 0.3) is 0 Å². The molecule has 84 valence electrons. The minimum atomic E-state index is -0.348. The molecule has 2 rings (SSSR count). The molecule has 0 saturated carbocycles. The second kappa shape index (κ2) is 3.92. The third-order valence-electron chi connectivity index (χ3n) is 2.37. The summed E-state index contributed by atoms with van der Waals surface area (Å²) >= 11 is 0. The van der Waals surface area contributed by atoms with E-state index in [0.717, 1.165) is 14.9 Å². The smallest absolute Gasteiger partial charge is 0.244 e. The largest absolute Gasteiger partial charge is 0.368 e. The van der Waals surface area contributed by atoms with Crippen LogP contribution < -0.4 is 5.69 Å². The van der Waals surface area contributed by atoms with E-state index >= 15 is 0 Å². The van der Waals surface area contributed by atoms with E-state index in [0.29, 0.717) is 11.7 Å². The predicted octanol–water partition coefficient (Wildman–Crippen LogP) is 1.09. The first-order valence-corrected chi connectivity index (χ1v) is 5.11. The molecule has 0 aliphatic carbocycles. The zero-order chi connectivity index (χ0) is 12.6. The Hall–Kier alpha value is -1.91. The van der Waals surface area contributed by atoms with Crippen LogP contribution in [0, 0.1) is 0 Å². The van der Waals surface area contributed by atoms with Crippen LogP contribution >= 0.6 is 0 Å². The molecule has 0 radical (unpaired) electrons. The molecule has 1 aromatic heterocycles. The highest BCUT2D eigenvalue weighted by atomic mass is 16.2. The van der Waals surface area contributed by atoms with Crippen molar-refractivity contribution in [2.24, 2.45) is 7.05 Å². The van der Waals surface area contributed by atoms with E-state index < -0.39 is 0 Å². The molecule has 2 aromatic rings. The van der Waals surface area contributed by atoms with E-state index in [4.69, 9.17) is 1.37 Å². The molecule has 0 N–H and O–H groups in total. The van der Waals surface area contributed by atoms with E-state index in [1.807, 2.05) is 26.0 Å². The number of benzene rings is 1. The Labute approximate surface area is 94.7 Å². The minimum absolute atomic E-state index is 0.231. The Morgan fingerprint density at radius 1 is 1.38 bits per heavy atom. The van der Waals surface area contributed by atoms with Crippen molar-refractivity contribution < 1.29 is 1.37 Å². The number of hydrogen-bond acceptors (Lipinski definition) is 3. The quantitative estimate of drug-likeness (QED) is 0.761. The van der Waals surface area contributed by atoms with Gasteiger partial charge >= 0.3 is 5.69 Å². The molecule has 5 nitrogen and oxygen atoms in total. The van der Waals surface area contributed by atoms with Crippen molar-refractivity contribution >= 4 is 0 Å². The lowest BCUT2D eigenvalue weighted by Crippen LogP contribution is -2.21. The zero-order valence-electron chi connectivity index (χ0n) is 10.5. The van der Waals surface area contributed by atoms with Crippen molar-refractivity contribution in [3.63, 3.8) is 0 Å². The van der Waals surface area contributed by atoms with Crippen molar-refractivity contribution in [2.75, 3.05) is 0 Å². The molecule has 5 heteroatoms. The van der Waals surface area contributed by atoms with Gasteiger partial charge in [0, 0.05) is 7.05 Å². The number of rotatable bonds is 2. The first kappa shape index (κ1) is 9.33. The minimum Gasteiger partial charge on any atom is -0.244 e. The molecule has 0 spiro atoms. The highest BCUT2D eigenvalue weighted by molar-refractivity contribution is 5.35. The Morgan fingerprint density at radius 2 is 2.12 bits per heavy atom. The molecule has 0 atom stereocenters. The Bertz CT molecular complexity index is 600. The molecular weight excluding hydrogens is 204 g/mol. The Morgan fingerprint density at radius 3 is 2.69 bits per heavy atom. The van der Waals surface area contributed by atoms with Gasteiger partial charge in [-0.1, -0.05) is 26.0 Å². The van der Waals surface area contributed by atoms with Crippen LogP contribution in [0.2, 0.25) is 0 Å². The van der Waals surface area contributed by atoms with Crippen LogP contribution in [0.15, 0.2) is 29.0 Å². The molecule has 0 bridgehead atoms. The van der Waals surface area contributed by atoms with Gasteiger partial charge in [0.2, 0.25) is 0 Å². The monoisotopic (exact) mass is 220 g/mol. The molecule has 0 amide bonds. The second-order valence-corrected chi connectivity index (χ2v) is 3.94. The standard InChI is InChI=1S/C11H14N4O/c1-8(2)9-5-4-6-10(7-9)15-11(16)14(3)12-13-15/h4-8H,1-3H3/i7T. The maximum Gasteiger partial charge on any atom is 0.368 e. The molecule has 1 heterocycles. The summed E-state index contributed by atoms with van der Waals surface area (Å²) in [6.07, 6.45) is 0. The highest BCUT2D eigenvalue weighted by Gasteiger charge is 2.07. The molecule has 16 heavy (non-hydrogen) atoms. The van der Waals surface area contributed by atoms with Crippen LogP contribution in [0.3, 0.4) is 0 Å². The van der Waals surface area contributed by atoms with Gasteiger partial charge in [-0.05, 0) is 34.0 Å². The van der Waals surface area contributed by atoms with Crippen LogP contribution in [0.25, 0.3) is 5.69 Å². The highest BCUT2D eigenvalue weighted by Crippen LogP contribution is 2.16. The summed E-state index contributed by atoms with van der Waals surface area (Å²) in [5, 5.41) is 7.39. The lowest BCUT2D eigenvalue weighted by atomic mass is 10.0. The van der Waals surface area contributed by atoms with Crippen molar-refractivity contribution in [2.45, 2.75) is 19.8 Å². The molecule has 1 aromatic carbocycles. The number of tetrazole rings is 1. The van der Waals surface area contributed by atoms with E-state index in [9.17, 15) is 4.79 Å².